The third kappa shape index (κ3) is 4.99. The van der Waals surface area contributed by atoms with Gasteiger partial charge in [0.2, 0.25) is 0 Å². The Kier molecular flexibility index (Phi) is 6.35. The largest absolute Gasteiger partial charge is 0.385 e. The van der Waals surface area contributed by atoms with E-state index in [4.69, 9.17) is 0 Å². The molecule has 3 heterocycles. The van der Waals surface area contributed by atoms with Gasteiger partial charge in [-0.2, -0.15) is 0 Å². The molecule has 3 N–H and O–H groups in total. The first-order chi connectivity index (χ1) is 15.8. The van der Waals surface area contributed by atoms with Gasteiger partial charge in [-0.05, 0) is 42.2 Å². The van der Waals surface area contributed by atoms with Gasteiger partial charge in [0, 0.05) is 36.3 Å². The molecule has 0 aliphatic heterocycles. The molecule has 170 valence electrons. The predicted octanol–water partition coefficient (Wildman–Crippen LogP) is 5.04. The summed E-state index contributed by atoms with van der Waals surface area (Å²) in [7, 11) is 0. The Bertz CT molecular complexity index is 1270. The van der Waals surface area contributed by atoms with Crippen molar-refractivity contribution in [3.8, 4) is 22.4 Å². The van der Waals surface area contributed by atoms with E-state index < -0.39 is 6.10 Å². The molecule has 0 spiro atoms. The van der Waals surface area contributed by atoms with Crippen LogP contribution in [0.1, 0.15) is 39.6 Å². The third-order valence-corrected chi connectivity index (χ3v) is 6.08. The first kappa shape index (κ1) is 22.8. The van der Waals surface area contributed by atoms with Crippen LogP contribution in [0.15, 0.2) is 48.9 Å². The Morgan fingerprint density at radius 3 is 2.52 bits per heavy atom. The first-order valence-corrected chi connectivity index (χ1v) is 11.5. The van der Waals surface area contributed by atoms with Gasteiger partial charge in [0.1, 0.15) is 6.10 Å². The van der Waals surface area contributed by atoms with Gasteiger partial charge in [0.15, 0.2) is 11.0 Å². The monoisotopic (exact) mass is 462 g/mol. The molecule has 0 aliphatic rings. The number of aromatic nitrogens is 4. The molecule has 4 rings (SSSR count). The standard InChI is InChI=1S/C24H26N6O2S/c1-5-25-22(32)30-23-29-18-11-14(10-16(19(18)33-23)17-8-6-7-9-26-17)15-12-27-21(28-13-15)20(31)24(2,3)4/h6-13,20,31H,5H2,1-4H3,(H2,25,29,30,32). The number of hydrogen-bond donors (Lipinski definition) is 3. The quantitative estimate of drug-likeness (QED) is 0.383. The van der Waals surface area contributed by atoms with E-state index in [2.05, 4.69) is 30.6 Å². The second kappa shape index (κ2) is 9.21. The van der Waals surface area contributed by atoms with E-state index in [1.54, 1.807) is 18.6 Å². The number of pyridine rings is 1. The van der Waals surface area contributed by atoms with Crippen molar-refractivity contribution in [2.75, 3.05) is 11.9 Å². The summed E-state index contributed by atoms with van der Waals surface area (Å²) in [5.74, 6) is 0.388. The average Bonchev–Trinajstić information content (AvgIpc) is 3.20. The van der Waals surface area contributed by atoms with Crippen LogP contribution in [0.3, 0.4) is 0 Å². The number of carbonyl (C=O) groups excluding carboxylic acids is 1. The summed E-state index contributed by atoms with van der Waals surface area (Å²) in [5, 5.41) is 16.5. The molecular formula is C24H26N6O2S. The lowest BCUT2D eigenvalue weighted by molar-refractivity contribution is 0.0548. The molecule has 0 saturated carbocycles. The van der Waals surface area contributed by atoms with E-state index in [-0.39, 0.29) is 11.4 Å². The number of benzene rings is 1. The molecule has 0 fully saturated rings. The van der Waals surface area contributed by atoms with Crippen molar-refractivity contribution in [3.05, 3.63) is 54.7 Å². The molecular weight excluding hydrogens is 436 g/mol. The molecule has 4 aromatic rings. The highest BCUT2D eigenvalue weighted by Crippen LogP contribution is 2.38. The maximum Gasteiger partial charge on any atom is 0.321 e. The fourth-order valence-corrected chi connectivity index (χ4v) is 4.25. The second-order valence-electron chi connectivity index (χ2n) is 8.69. The van der Waals surface area contributed by atoms with Crippen molar-refractivity contribution in [2.24, 2.45) is 5.41 Å². The summed E-state index contributed by atoms with van der Waals surface area (Å²) >= 11 is 1.40. The van der Waals surface area contributed by atoms with Crippen molar-refractivity contribution < 1.29 is 9.90 Å². The van der Waals surface area contributed by atoms with Crippen LogP contribution in [-0.4, -0.2) is 37.6 Å². The van der Waals surface area contributed by atoms with E-state index in [9.17, 15) is 9.90 Å². The van der Waals surface area contributed by atoms with Crippen molar-refractivity contribution in [1.82, 2.24) is 25.3 Å². The number of hydrogen-bond acceptors (Lipinski definition) is 7. The number of nitrogens with one attached hydrogen (secondary N) is 2. The molecule has 33 heavy (non-hydrogen) atoms. The Morgan fingerprint density at radius 1 is 1.12 bits per heavy atom. The fourth-order valence-electron chi connectivity index (χ4n) is 3.28. The van der Waals surface area contributed by atoms with Gasteiger partial charge in [-0.25, -0.2) is 19.7 Å². The number of nitrogens with zero attached hydrogens (tertiary/aromatic N) is 4. The van der Waals surface area contributed by atoms with E-state index in [0.29, 0.717) is 17.5 Å². The fraction of sp³-hybridized carbons (Fsp3) is 0.292. The molecule has 1 aromatic carbocycles. The Balaban J connectivity index is 1.78. The highest BCUT2D eigenvalue weighted by molar-refractivity contribution is 7.22. The summed E-state index contributed by atoms with van der Waals surface area (Å²) in [5.41, 5.74) is 3.76. The van der Waals surface area contributed by atoms with Crippen LogP contribution < -0.4 is 10.6 Å². The number of aliphatic hydroxyl groups is 1. The number of aliphatic hydroxyl groups excluding tert-OH is 1. The van der Waals surface area contributed by atoms with Crippen LogP contribution in [0.5, 0.6) is 0 Å². The van der Waals surface area contributed by atoms with Crippen LogP contribution in [0, 0.1) is 5.41 Å². The van der Waals surface area contributed by atoms with Crippen molar-refractivity contribution in [1.29, 1.82) is 0 Å². The zero-order chi connectivity index (χ0) is 23.6. The van der Waals surface area contributed by atoms with Gasteiger partial charge in [0.25, 0.3) is 0 Å². The molecule has 8 nitrogen and oxygen atoms in total. The lowest BCUT2D eigenvalue weighted by Gasteiger charge is -2.24. The maximum absolute atomic E-state index is 12.0. The van der Waals surface area contributed by atoms with Crippen LogP contribution in [0.2, 0.25) is 0 Å². The van der Waals surface area contributed by atoms with E-state index in [0.717, 1.165) is 32.6 Å². The lowest BCUT2D eigenvalue weighted by Crippen LogP contribution is -2.28. The summed E-state index contributed by atoms with van der Waals surface area (Å²) in [6.45, 7) is 8.21. The number of anilines is 1. The maximum atomic E-state index is 12.0. The number of thiazole rings is 1. The normalized spacial score (nSPS) is 12.5. The molecule has 3 aromatic heterocycles. The predicted molar refractivity (Wildman–Crippen MR) is 131 cm³/mol. The van der Waals surface area contributed by atoms with Gasteiger partial charge in [-0.15, -0.1) is 0 Å². The third-order valence-electron chi connectivity index (χ3n) is 5.06. The molecule has 1 unspecified atom stereocenters. The molecule has 0 aliphatic carbocycles. The van der Waals surface area contributed by atoms with E-state index in [1.807, 2.05) is 58.0 Å². The average molecular weight is 463 g/mol. The zero-order valence-corrected chi connectivity index (χ0v) is 19.8. The topological polar surface area (TPSA) is 113 Å². The Labute approximate surface area is 196 Å². The van der Waals surface area contributed by atoms with Crippen LogP contribution in [0.4, 0.5) is 9.93 Å². The SMILES string of the molecule is CCNC(=O)Nc1nc2cc(-c3cnc(C(O)C(C)(C)C)nc3)cc(-c3ccccn3)c2s1. The minimum absolute atomic E-state index is 0.294. The van der Waals surface area contributed by atoms with E-state index in [1.165, 1.54) is 11.3 Å². The number of rotatable bonds is 5. The summed E-state index contributed by atoms with van der Waals surface area (Å²) < 4.78 is 0.921. The van der Waals surface area contributed by atoms with Gasteiger partial charge < -0.3 is 10.4 Å². The minimum Gasteiger partial charge on any atom is -0.385 e. The summed E-state index contributed by atoms with van der Waals surface area (Å²) in [6, 6.07) is 9.41. The zero-order valence-electron chi connectivity index (χ0n) is 19.0. The summed E-state index contributed by atoms with van der Waals surface area (Å²) in [6.07, 6.45) is 4.40. The molecule has 9 heteroatoms. The van der Waals surface area contributed by atoms with Crippen LogP contribution in [-0.2, 0) is 0 Å². The number of carbonyl (C=O) groups is 1. The first-order valence-electron chi connectivity index (χ1n) is 10.7. The Morgan fingerprint density at radius 2 is 1.88 bits per heavy atom. The lowest BCUT2D eigenvalue weighted by atomic mass is 9.88. The Hall–Kier alpha value is -3.43. The molecule has 0 radical (unpaired) electrons. The number of urea groups is 1. The minimum atomic E-state index is -0.764. The van der Waals surface area contributed by atoms with Crippen LogP contribution in [0.25, 0.3) is 32.6 Å². The molecule has 0 bridgehead atoms. The van der Waals surface area contributed by atoms with Crippen molar-refractivity contribution in [3.63, 3.8) is 0 Å². The molecule has 2 amide bonds. The molecule has 1 atom stereocenters. The number of amides is 2. The molecule has 0 saturated heterocycles. The van der Waals surface area contributed by atoms with Gasteiger partial charge in [0.05, 0.1) is 15.9 Å². The van der Waals surface area contributed by atoms with Gasteiger partial charge in [-0.1, -0.05) is 38.2 Å². The van der Waals surface area contributed by atoms with Crippen molar-refractivity contribution in [2.45, 2.75) is 33.8 Å². The smallest absolute Gasteiger partial charge is 0.321 e. The van der Waals surface area contributed by atoms with Gasteiger partial charge in [-0.3, -0.25) is 10.3 Å². The highest BCUT2D eigenvalue weighted by atomic mass is 32.1. The van der Waals surface area contributed by atoms with Crippen LogP contribution >= 0.6 is 11.3 Å². The van der Waals surface area contributed by atoms with Gasteiger partial charge >= 0.3 is 6.03 Å². The van der Waals surface area contributed by atoms with Crippen molar-refractivity contribution >= 4 is 32.7 Å². The van der Waals surface area contributed by atoms with E-state index >= 15 is 0 Å². The summed E-state index contributed by atoms with van der Waals surface area (Å²) in [4.78, 5) is 29.9. The number of fused-ring (bicyclic) bond motifs is 1. The highest BCUT2D eigenvalue weighted by Gasteiger charge is 2.26. The second-order valence-corrected chi connectivity index (χ2v) is 9.69.